The van der Waals surface area contributed by atoms with Gasteiger partial charge in [-0.2, -0.15) is 0 Å². The van der Waals surface area contributed by atoms with Crippen molar-refractivity contribution in [3.8, 4) is 0 Å². The molecule has 2 aromatic heterocycles. The molecule has 10 heteroatoms. The molecule has 0 saturated heterocycles. The molecule has 1 aromatic carbocycles. The third kappa shape index (κ3) is 5.92. The number of hydrogen-bond donors (Lipinski definition) is 2. The van der Waals surface area contributed by atoms with Crippen molar-refractivity contribution >= 4 is 45.7 Å². The number of nitrogens with zero attached hydrogens (tertiary/aromatic N) is 4. The summed E-state index contributed by atoms with van der Waals surface area (Å²) in [5, 5.41) is 16.8. The fraction of sp³-hybridized carbons (Fsp3) is 0.381. The van der Waals surface area contributed by atoms with E-state index in [0.29, 0.717) is 22.7 Å². The molecular formula is C21H26N6O2S2. The maximum Gasteiger partial charge on any atom is 0.239 e. The molecule has 0 aliphatic heterocycles. The summed E-state index contributed by atoms with van der Waals surface area (Å²) in [4.78, 5) is 29.3. The SMILES string of the molecule is CCn1c(CC(=O)Nc2ccc(C)c(C)c2)nnc1S[C@@H](C)C(=O)Nc1nc(C)cs1. The lowest BCUT2D eigenvalue weighted by atomic mass is 10.1. The second-order valence-electron chi connectivity index (χ2n) is 7.21. The minimum Gasteiger partial charge on any atom is -0.326 e. The molecule has 0 bridgehead atoms. The van der Waals surface area contributed by atoms with Gasteiger partial charge in [0.05, 0.1) is 17.4 Å². The van der Waals surface area contributed by atoms with Crippen LogP contribution in [0.4, 0.5) is 10.8 Å². The minimum absolute atomic E-state index is 0.104. The van der Waals surface area contributed by atoms with E-state index in [9.17, 15) is 9.59 Å². The number of thioether (sulfide) groups is 1. The highest BCUT2D eigenvalue weighted by Gasteiger charge is 2.21. The zero-order valence-electron chi connectivity index (χ0n) is 18.2. The van der Waals surface area contributed by atoms with Gasteiger partial charge in [-0.15, -0.1) is 21.5 Å². The number of amides is 2. The summed E-state index contributed by atoms with van der Waals surface area (Å²) in [7, 11) is 0. The topological polar surface area (TPSA) is 102 Å². The van der Waals surface area contributed by atoms with Crippen LogP contribution >= 0.6 is 23.1 Å². The minimum atomic E-state index is -0.393. The van der Waals surface area contributed by atoms with Gasteiger partial charge in [-0.3, -0.25) is 9.59 Å². The third-order valence-corrected chi connectivity index (χ3v) is 6.68. The zero-order chi connectivity index (χ0) is 22.5. The van der Waals surface area contributed by atoms with Crippen LogP contribution in [0.5, 0.6) is 0 Å². The molecule has 0 spiro atoms. The molecule has 8 nitrogen and oxygen atoms in total. The smallest absolute Gasteiger partial charge is 0.239 e. The highest BCUT2D eigenvalue weighted by Crippen LogP contribution is 2.24. The van der Waals surface area contributed by atoms with E-state index in [1.165, 1.54) is 28.7 Å². The third-order valence-electron chi connectivity index (χ3n) is 4.72. The Hall–Kier alpha value is -2.72. The summed E-state index contributed by atoms with van der Waals surface area (Å²) in [5.41, 5.74) is 3.92. The lowest BCUT2D eigenvalue weighted by molar-refractivity contribution is -0.116. The highest BCUT2D eigenvalue weighted by molar-refractivity contribution is 8.00. The first-order chi connectivity index (χ1) is 14.8. The maximum absolute atomic E-state index is 12.5. The largest absolute Gasteiger partial charge is 0.326 e. The molecule has 2 N–H and O–H groups in total. The van der Waals surface area contributed by atoms with E-state index in [4.69, 9.17) is 0 Å². The molecule has 2 heterocycles. The van der Waals surface area contributed by atoms with Crippen molar-refractivity contribution in [2.75, 3.05) is 10.6 Å². The number of carbonyl (C=O) groups is 2. The summed E-state index contributed by atoms with van der Waals surface area (Å²) in [6.07, 6.45) is 0.104. The van der Waals surface area contributed by atoms with Crippen LogP contribution in [0, 0.1) is 20.8 Å². The summed E-state index contributed by atoms with van der Waals surface area (Å²) in [6, 6.07) is 5.81. The predicted molar refractivity (Wildman–Crippen MR) is 125 cm³/mol. The van der Waals surface area contributed by atoms with E-state index in [2.05, 4.69) is 25.8 Å². The molecular weight excluding hydrogens is 432 g/mol. The van der Waals surface area contributed by atoms with Crippen LogP contribution in [0.25, 0.3) is 0 Å². The number of aryl methyl sites for hydroxylation is 3. The molecule has 31 heavy (non-hydrogen) atoms. The van der Waals surface area contributed by atoms with Crippen molar-refractivity contribution in [2.24, 2.45) is 0 Å². The Labute approximate surface area is 189 Å². The van der Waals surface area contributed by atoms with E-state index in [-0.39, 0.29) is 18.2 Å². The first kappa shape index (κ1) is 23.0. The van der Waals surface area contributed by atoms with E-state index in [0.717, 1.165) is 16.9 Å². The van der Waals surface area contributed by atoms with Crippen LogP contribution in [0.2, 0.25) is 0 Å². The second kappa shape index (κ2) is 10.1. The molecule has 3 rings (SSSR count). The molecule has 0 radical (unpaired) electrons. The quantitative estimate of drug-likeness (QED) is 0.495. The molecule has 164 valence electrons. The van der Waals surface area contributed by atoms with Gasteiger partial charge in [-0.1, -0.05) is 17.8 Å². The van der Waals surface area contributed by atoms with Crippen LogP contribution in [0.3, 0.4) is 0 Å². The molecule has 0 aliphatic carbocycles. The Balaban J connectivity index is 1.63. The molecule has 1 atom stereocenters. The first-order valence-corrected chi connectivity index (χ1v) is 11.7. The van der Waals surface area contributed by atoms with Gasteiger partial charge in [0.25, 0.3) is 0 Å². The van der Waals surface area contributed by atoms with Crippen molar-refractivity contribution < 1.29 is 9.59 Å². The van der Waals surface area contributed by atoms with E-state index in [1.807, 2.05) is 55.8 Å². The van der Waals surface area contributed by atoms with E-state index >= 15 is 0 Å². The fourth-order valence-corrected chi connectivity index (χ4v) is 4.48. The van der Waals surface area contributed by atoms with Gasteiger partial charge in [0, 0.05) is 17.6 Å². The highest BCUT2D eigenvalue weighted by atomic mass is 32.2. The number of anilines is 2. The van der Waals surface area contributed by atoms with Crippen LogP contribution in [-0.4, -0.2) is 36.8 Å². The second-order valence-corrected chi connectivity index (χ2v) is 9.38. The van der Waals surface area contributed by atoms with Gasteiger partial charge in [0.1, 0.15) is 5.82 Å². The molecule has 3 aromatic rings. The normalized spacial score (nSPS) is 11.9. The van der Waals surface area contributed by atoms with Crippen molar-refractivity contribution in [2.45, 2.75) is 58.0 Å². The predicted octanol–water partition coefficient (Wildman–Crippen LogP) is 3.98. The van der Waals surface area contributed by atoms with E-state index < -0.39 is 5.25 Å². The summed E-state index contributed by atoms with van der Waals surface area (Å²) >= 11 is 2.70. The van der Waals surface area contributed by atoms with Crippen molar-refractivity contribution in [1.82, 2.24) is 19.7 Å². The van der Waals surface area contributed by atoms with Crippen molar-refractivity contribution in [3.63, 3.8) is 0 Å². The summed E-state index contributed by atoms with van der Waals surface area (Å²) in [5.74, 6) is 0.250. The summed E-state index contributed by atoms with van der Waals surface area (Å²) < 4.78 is 1.86. The Morgan fingerprint density at radius 1 is 1.16 bits per heavy atom. The van der Waals surface area contributed by atoms with Crippen LogP contribution in [0.1, 0.15) is 36.5 Å². The Morgan fingerprint density at radius 3 is 2.58 bits per heavy atom. The number of hydrogen-bond acceptors (Lipinski definition) is 7. The average Bonchev–Trinajstić information content (AvgIpc) is 3.29. The standard InChI is InChI=1S/C21H26N6O2S2/c1-6-27-17(10-18(28)23-16-8-7-12(2)13(3)9-16)25-26-21(27)31-15(5)19(29)24-20-22-14(4)11-30-20/h7-9,11,15H,6,10H2,1-5H3,(H,23,28)(H,22,24,29)/t15-/m0/s1. The Morgan fingerprint density at radius 2 is 1.94 bits per heavy atom. The first-order valence-electron chi connectivity index (χ1n) is 9.95. The van der Waals surface area contributed by atoms with E-state index in [1.54, 1.807) is 6.92 Å². The molecule has 2 amide bonds. The Bertz CT molecular complexity index is 1090. The summed E-state index contributed by atoms with van der Waals surface area (Å²) in [6.45, 7) is 10.3. The number of benzene rings is 1. The number of aromatic nitrogens is 4. The zero-order valence-corrected chi connectivity index (χ0v) is 19.9. The number of carbonyl (C=O) groups excluding carboxylic acids is 2. The number of nitrogens with one attached hydrogen (secondary N) is 2. The van der Waals surface area contributed by atoms with Crippen molar-refractivity contribution in [3.05, 3.63) is 46.2 Å². The molecule has 0 aliphatic rings. The lowest BCUT2D eigenvalue weighted by Gasteiger charge is -2.12. The monoisotopic (exact) mass is 458 g/mol. The molecule has 0 saturated carbocycles. The van der Waals surface area contributed by atoms with Crippen LogP contribution in [0.15, 0.2) is 28.7 Å². The molecule has 0 fully saturated rings. The van der Waals surface area contributed by atoms with Gasteiger partial charge in [0.2, 0.25) is 11.8 Å². The molecule has 0 unspecified atom stereocenters. The number of rotatable bonds is 8. The lowest BCUT2D eigenvalue weighted by Crippen LogP contribution is -2.23. The number of thiazole rings is 1. The van der Waals surface area contributed by atoms with Crippen molar-refractivity contribution in [1.29, 1.82) is 0 Å². The van der Waals surface area contributed by atoms with Crippen LogP contribution in [-0.2, 0) is 22.6 Å². The van der Waals surface area contributed by atoms with Crippen LogP contribution < -0.4 is 10.6 Å². The maximum atomic E-state index is 12.5. The van der Waals surface area contributed by atoms with Gasteiger partial charge < -0.3 is 15.2 Å². The average molecular weight is 459 g/mol. The van der Waals surface area contributed by atoms with Gasteiger partial charge >= 0.3 is 0 Å². The van der Waals surface area contributed by atoms with Gasteiger partial charge in [0.15, 0.2) is 10.3 Å². The van der Waals surface area contributed by atoms with Gasteiger partial charge in [-0.25, -0.2) is 4.98 Å². The van der Waals surface area contributed by atoms with Gasteiger partial charge in [-0.05, 0) is 57.9 Å². The fourth-order valence-electron chi connectivity index (χ4n) is 2.85. The Kier molecular flexibility index (Phi) is 7.45.